The van der Waals surface area contributed by atoms with Crippen LogP contribution >= 0.6 is 0 Å². The van der Waals surface area contributed by atoms with Gasteiger partial charge in [-0.2, -0.15) is 0 Å². The van der Waals surface area contributed by atoms with Crippen LogP contribution in [0.3, 0.4) is 0 Å². The number of nitrogen functional groups attached to an aromatic ring is 1. The highest BCUT2D eigenvalue weighted by Gasteiger charge is 2.23. The Hall–Kier alpha value is -1.27. The SMILES string of the molecule is CCC(CC)N(C)c1cccc(S(=O)(=O)N(C)C)c1N. The van der Waals surface area contributed by atoms with Crippen molar-refractivity contribution < 1.29 is 8.42 Å². The number of hydrogen-bond donors (Lipinski definition) is 1. The van der Waals surface area contributed by atoms with Crippen LogP contribution in [0, 0.1) is 0 Å². The molecule has 114 valence electrons. The number of anilines is 2. The quantitative estimate of drug-likeness (QED) is 0.817. The summed E-state index contributed by atoms with van der Waals surface area (Å²) < 4.78 is 25.7. The van der Waals surface area contributed by atoms with Crippen LogP contribution in [0.5, 0.6) is 0 Å². The second kappa shape index (κ2) is 6.45. The molecular weight excluding hydrogens is 274 g/mol. The van der Waals surface area contributed by atoms with Gasteiger partial charge in [-0.25, -0.2) is 12.7 Å². The topological polar surface area (TPSA) is 66.6 Å². The Morgan fingerprint density at radius 2 is 1.70 bits per heavy atom. The molecule has 0 aliphatic heterocycles. The van der Waals surface area contributed by atoms with Crippen LogP contribution in [0.4, 0.5) is 11.4 Å². The Bertz CT molecular complexity index is 552. The number of sulfonamides is 1. The molecule has 0 unspecified atom stereocenters. The average Bonchev–Trinajstić information content (AvgIpc) is 2.39. The second-order valence-electron chi connectivity index (χ2n) is 5.06. The van der Waals surface area contributed by atoms with Crippen LogP contribution in [0.25, 0.3) is 0 Å². The van der Waals surface area contributed by atoms with E-state index in [1.165, 1.54) is 18.4 Å². The molecule has 1 aromatic carbocycles. The van der Waals surface area contributed by atoms with Gasteiger partial charge in [0.1, 0.15) is 4.90 Å². The first-order chi connectivity index (χ1) is 9.27. The summed E-state index contributed by atoms with van der Waals surface area (Å²) >= 11 is 0. The van der Waals surface area contributed by atoms with E-state index < -0.39 is 10.0 Å². The van der Waals surface area contributed by atoms with Crippen molar-refractivity contribution in [1.29, 1.82) is 0 Å². The van der Waals surface area contributed by atoms with Crippen molar-refractivity contribution in [2.75, 3.05) is 31.8 Å². The predicted octanol–water partition coefficient (Wildman–Crippen LogP) is 2.14. The zero-order valence-electron chi connectivity index (χ0n) is 12.9. The van der Waals surface area contributed by atoms with Gasteiger partial charge in [0.2, 0.25) is 10.0 Å². The molecule has 0 amide bonds. The standard InChI is InChI=1S/C14H25N3O2S/c1-6-11(7-2)17(5)12-9-8-10-13(14(12)15)20(18,19)16(3)4/h8-11H,6-7,15H2,1-5H3. The van der Waals surface area contributed by atoms with Gasteiger partial charge in [0.25, 0.3) is 0 Å². The second-order valence-corrected chi connectivity index (χ2v) is 7.18. The first-order valence-electron chi connectivity index (χ1n) is 6.81. The summed E-state index contributed by atoms with van der Waals surface area (Å²) in [7, 11) is 1.44. The van der Waals surface area contributed by atoms with Crippen LogP contribution in [-0.2, 0) is 10.0 Å². The minimum atomic E-state index is -3.52. The largest absolute Gasteiger partial charge is 0.396 e. The lowest BCUT2D eigenvalue weighted by Gasteiger charge is -2.30. The van der Waals surface area contributed by atoms with Crippen LogP contribution in [0.2, 0.25) is 0 Å². The van der Waals surface area contributed by atoms with Crippen LogP contribution in [-0.4, -0.2) is 39.9 Å². The first kappa shape index (κ1) is 16.8. The highest BCUT2D eigenvalue weighted by atomic mass is 32.2. The maximum Gasteiger partial charge on any atom is 0.244 e. The maximum atomic E-state index is 12.3. The summed E-state index contributed by atoms with van der Waals surface area (Å²) in [4.78, 5) is 2.22. The zero-order chi connectivity index (χ0) is 15.5. The number of para-hydroxylation sites is 1. The minimum absolute atomic E-state index is 0.165. The van der Waals surface area contributed by atoms with Crippen molar-refractivity contribution >= 4 is 21.4 Å². The van der Waals surface area contributed by atoms with E-state index >= 15 is 0 Å². The van der Waals surface area contributed by atoms with E-state index in [1.54, 1.807) is 12.1 Å². The Labute approximate surface area is 122 Å². The van der Waals surface area contributed by atoms with E-state index in [0.717, 1.165) is 18.5 Å². The lowest BCUT2D eigenvalue weighted by molar-refractivity contribution is 0.521. The molecule has 5 nitrogen and oxygen atoms in total. The van der Waals surface area contributed by atoms with Crippen molar-refractivity contribution in [3.63, 3.8) is 0 Å². The van der Waals surface area contributed by atoms with Gasteiger partial charge in [-0.3, -0.25) is 0 Å². The van der Waals surface area contributed by atoms with Crippen LogP contribution in [0.15, 0.2) is 23.1 Å². The summed E-state index contributed by atoms with van der Waals surface area (Å²) in [5, 5.41) is 0. The number of hydrogen-bond acceptors (Lipinski definition) is 4. The van der Waals surface area contributed by atoms with E-state index in [2.05, 4.69) is 18.7 Å². The average molecular weight is 299 g/mol. The van der Waals surface area contributed by atoms with E-state index in [4.69, 9.17) is 5.73 Å². The summed E-state index contributed by atoms with van der Waals surface area (Å²) in [6.45, 7) is 4.22. The lowest BCUT2D eigenvalue weighted by Crippen LogP contribution is -2.31. The molecule has 0 bridgehead atoms. The van der Waals surface area contributed by atoms with E-state index in [9.17, 15) is 8.42 Å². The van der Waals surface area contributed by atoms with E-state index in [0.29, 0.717) is 11.7 Å². The molecule has 0 saturated carbocycles. The summed E-state index contributed by atoms with van der Waals surface area (Å²) in [6, 6.07) is 5.49. The highest BCUT2D eigenvalue weighted by Crippen LogP contribution is 2.32. The molecule has 0 atom stereocenters. The number of rotatable bonds is 6. The molecule has 6 heteroatoms. The third-order valence-electron chi connectivity index (χ3n) is 3.67. The molecule has 0 radical (unpaired) electrons. The number of benzene rings is 1. The maximum absolute atomic E-state index is 12.3. The molecule has 0 saturated heterocycles. The fourth-order valence-corrected chi connectivity index (χ4v) is 3.32. The third-order valence-corrected chi connectivity index (χ3v) is 5.55. The Kier molecular flexibility index (Phi) is 5.42. The van der Waals surface area contributed by atoms with Crippen molar-refractivity contribution in [2.24, 2.45) is 0 Å². The molecule has 0 aromatic heterocycles. The molecule has 0 aliphatic carbocycles. The lowest BCUT2D eigenvalue weighted by atomic mass is 10.1. The van der Waals surface area contributed by atoms with Gasteiger partial charge in [-0.15, -0.1) is 0 Å². The van der Waals surface area contributed by atoms with Crippen molar-refractivity contribution in [3.05, 3.63) is 18.2 Å². The monoisotopic (exact) mass is 299 g/mol. The Morgan fingerprint density at radius 3 is 2.15 bits per heavy atom. The normalized spacial score (nSPS) is 12.2. The fourth-order valence-electron chi connectivity index (χ4n) is 2.29. The first-order valence-corrected chi connectivity index (χ1v) is 8.25. The molecule has 1 rings (SSSR count). The molecule has 2 N–H and O–H groups in total. The Balaban J connectivity index is 3.34. The summed E-state index contributed by atoms with van der Waals surface area (Å²) in [6.07, 6.45) is 1.97. The Morgan fingerprint density at radius 1 is 1.15 bits per heavy atom. The van der Waals surface area contributed by atoms with Gasteiger partial charge >= 0.3 is 0 Å². The fraction of sp³-hybridized carbons (Fsp3) is 0.571. The number of nitrogens with two attached hydrogens (primary N) is 1. The third kappa shape index (κ3) is 3.07. The van der Waals surface area contributed by atoms with Gasteiger partial charge in [0, 0.05) is 27.2 Å². The summed E-state index contributed by atoms with van der Waals surface area (Å²) in [5.74, 6) is 0. The van der Waals surface area contributed by atoms with Gasteiger partial charge in [0.15, 0.2) is 0 Å². The van der Waals surface area contributed by atoms with Crippen LogP contribution in [0.1, 0.15) is 26.7 Å². The van der Waals surface area contributed by atoms with Gasteiger partial charge in [-0.05, 0) is 25.0 Å². The van der Waals surface area contributed by atoms with Gasteiger partial charge < -0.3 is 10.6 Å². The van der Waals surface area contributed by atoms with E-state index in [-0.39, 0.29) is 4.90 Å². The van der Waals surface area contributed by atoms with Gasteiger partial charge in [-0.1, -0.05) is 19.9 Å². The number of nitrogens with zero attached hydrogens (tertiary/aromatic N) is 2. The van der Waals surface area contributed by atoms with E-state index in [1.807, 2.05) is 13.1 Å². The minimum Gasteiger partial charge on any atom is -0.396 e. The van der Waals surface area contributed by atoms with Gasteiger partial charge in [0.05, 0.1) is 11.4 Å². The van der Waals surface area contributed by atoms with Crippen molar-refractivity contribution in [1.82, 2.24) is 4.31 Å². The predicted molar refractivity (Wildman–Crippen MR) is 84.5 cm³/mol. The molecule has 0 heterocycles. The molecule has 1 aromatic rings. The molecular formula is C14H25N3O2S. The molecule has 0 spiro atoms. The highest BCUT2D eigenvalue weighted by molar-refractivity contribution is 7.89. The van der Waals surface area contributed by atoms with Crippen molar-refractivity contribution in [3.8, 4) is 0 Å². The smallest absolute Gasteiger partial charge is 0.244 e. The molecule has 0 fully saturated rings. The molecule has 20 heavy (non-hydrogen) atoms. The van der Waals surface area contributed by atoms with Crippen molar-refractivity contribution in [2.45, 2.75) is 37.6 Å². The summed E-state index contributed by atoms with van der Waals surface area (Å²) in [5.41, 5.74) is 7.19. The zero-order valence-corrected chi connectivity index (χ0v) is 13.7. The van der Waals surface area contributed by atoms with Crippen LogP contribution < -0.4 is 10.6 Å². The molecule has 0 aliphatic rings.